The number of benzene rings is 3. The zero-order valence-electron chi connectivity index (χ0n) is 23.4. The number of hydrogen-bond donors (Lipinski definition) is 1. The minimum Gasteiger partial charge on any atom is -0.497 e. The average molecular weight is 560 g/mol. The molecule has 40 heavy (non-hydrogen) atoms. The molecule has 1 fully saturated rings. The standard InChI is InChI=1S/C31H37N5O3S/c1-4-5-9-24-14-16-27(17-15-24)40(37,38)36-20-18-35(19-21-36)23(2)30-33-29-13-7-6-12-28(29)31(34-30)32-25-10-8-11-26(22-25)39-3/h6-8,10-17,22-23H,4-5,9,18-21H2,1-3H3,(H,32,33,34)/t23-/m1/s1. The molecular weight excluding hydrogens is 522 g/mol. The van der Waals surface area contributed by atoms with Gasteiger partial charge in [0.25, 0.3) is 0 Å². The Hall–Kier alpha value is -3.53. The first-order chi connectivity index (χ1) is 19.4. The van der Waals surface area contributed by atoms with Gasteiger partial charge in [-0.15, -0.1) is 0 Å². The van der Waals surface area contributed by atoms with Gasteiger partial charge in [0.05, 0.1) is 23.6 Å². The van der Waals surface area contributed by atoms with Crippen molar-refractivity contribution in [2.24, 2.45) is 0 Å². The summed E-state index contributed by atoms with van der Waals surface area (Å²) in [5, 5.41) is 4.37. The molecule has 1 aromatic heterocycles. The Balaban J connectivity index is 1.31. The number of para-hydroxylation sites is 1. The summed E-state index contributed by atoms with van der Waals surface area (Å²) in [6.45, 7) is 6.29. The summed E-state index contributed by atoms with van der Waals surface area (Å²) in [5.41, 5.74) is 2.91. The van der Waals surface area contributed by atoms with Crippen LogP contribution in [0.4, 0.5) is 11.5 Å². The van der Waals surface area contributed by atoms with Crippen molar-refractivity contribution in [1.29, 1.82) is 0 Å². The second kappa shape index (κ2) is 12.3. The number of ether oxygens (including phenoxy) is 1. The highest BCUT2D eigenvalue weighted by molar-refractivity contribution is 7.89. The number of methoxy groups -OCH3 is 1. The largest absolute Gasteiger partial charge is 0.497 e. The van der Waals surface area contributed by atoms with E-state index in [9.17, 15) is 8.42 Å². The maximum atomic E-state index is 13.3. The number of piperazine rings is 1. The quantitative estimate of drug-likeness (QED) is 0.263. The van der Waals surface area contributed by atoms with E-state index >= 15 is 0 Å². The van der Waals surface area contributed by atoms with E-state index in [1.165, 1.54) is 5.56 Å². The van der Waals surface area contributed by atoms with Gasteiger partial charge in [-0.25, -0.2) is 18.4 Å². The Morgan fingerprint density at radius 2 is 1.70 bits per heavy atom. The van der Waals surface area contributed by atoms with Crippen molar-refractivity contribution in [1.82, 2.24) is 19.2 Å². The zero-order valence-corrected chi connectivity index (χ0v) is 24.2. The van der Waals surface area contributed by atoms with E-state index in [0.717, 1.165) is 47.4 Å². The van der Waals surface area contributed by atoms with E-state index in [-0.39, 0.29) is 6.04 Å². The van der Waals surface area contributed by atoms with Crippen molar-refractivity contribution >= 4 is 32.4 Å². The molecule has 0 unspecified atom stereocenters. The molecule has 0 radical (unpaired) electrons. The number of anilines is 2. The monoisotopic (exact) mass is 559 g/mol. The number of nitrogens with one attached hydrogen (secondary N) is 1. The Bertz CT molecular complexity index is 1550. The van der Waals surface area contributed by atoms with Crippen LogP contribution in [-0.2, 0) is 16.4 Å². The third-order valence-corrected chi connectivity index (χ3v) is 9.44. The summed E-state index contributed by atoms with van der Waals surface area (Å²) in [6, 6.07) is 23.0. The molecule has 3 aromatic carbocycles. The van der Waals surface area contributed by atoms with Gasteiger partial charge in [-0.1, -0.05) is 43.7 Å². The molecule has 2 heterocycles. The Morgan fingerprint density at radius 3 is 2.42 bits per heavy atom. The van der Waals surface area contributed by atoms with Crippen molar-refractivity contribution < 1.29 is 13.2 Å². The van der Waals surface area contributed by atoms with E-state index < -0.39 is 10.0 Å². The molecule has 1 atom stereocenters. The van der Waals surface area contributed by atoms with Crippen LogP contribution in [0.1, 0.15) is 44.1 Å². The number of unbranched alkanes of at least 4 members (excludes halogenated alkanes) is 1. The SMILES string of the molecule is CCCCc1ccc(S(=O)(=O)N2CCN([C@H](C)c3nc(Nc4cccc(OC)c4)c4ccccc4n3)CC2)cc1. The van der Waals surface area contributed by atoms with E-state index in [0.29, 0.717) is 36.9 Å². The molecule has 1 aliphatic rings. The third-order valence-electron chi connectivity index (χ3n) is 7.53. The van der Waals surface area contributed by atoms with Gasteiger partial charge in [-0.05, 0) is 61.7 Å². The molecule has 0 aliphatic carbocycles. The number of rotatable bonds is 10. The molecule has 0 bridgehead atoms. The summed E-state index contributed by atoms with van der Waals surface area (Å²) in [6.07, 6.45) is 3.19. The topological polar surface area (TPSA) is 87.7 Å². The molecule has 0 amide bonds. The fraction of sp³-hybridized carbons (Fsp3) is 0.355. The van der Waals surface area contributed by atoms with Crippen LogP contribution in [-0.4, -0.2) is 60.9 Å². The van der Waals surface area contributed by atoms with Crippen LogP contribution < -0.4 is 10.1 Å². The van der Waals surface area contributed by atoms with Gasteiger partial charge in [0.2, 0.25) is 10.0 Å². The summed E-state index contributed by atoms with van der Waals surface area (Å²) < 4.78 is 33.6. The van der Waals surface area contributed by atoms with Crippen molar-refractivity contribution in [3.63, 3.8) is 0 Å². The van der Waals surface area contributed by atoms with Crippen LogP contribution in [0, 0.1) is 0 Å². The molecular formula is C31H37N5O3S. The molecule has 5 rings (SSSR count). The normalized spacial score (nSPS) is 15.7. The predicted molar refractivity (Wildman–Crippen MR) is 160 cm³/mol. The van der Waals surface area contributed by atoms with E-state index in [4.69, 9.17) is 14.7 Å². The lowest BCUT2D eigenvalue weighted by atomic mass is 10.1. The molecule has 210 valence electrons. The number of sulfonamides is 1. The van der Waals surface area contributed by atoms with Crippen molar-refractivity contribution in [2.75, 3.05) is 38.6 Å². The summed E-state index contributed by atoms with van der Waals surface area (Å²) in [4.78, 5) is 12.4. The fourth-order valence-electron chi connectivity index (χ4n) is 5.07. The first kappa shape index (κ1) is 28.0. The predicted octanol–water partition coefficient (Wildman–Crippen LogP) is 5.79. The van der Waals surface area contributed by atoms with Gasteiger partial charge in [-0.2, -0.15) is 4.31 Å². The van der Waals surface area contributed by atoms with E-state index in [1.807, 2.05) is 60.7 Å². The molecule has 0 spiro atoms. The van der Waals surface area contributed by atoms with Gasteiger partial charge in [-0.3, -0.25) is 4.90 Å². The first-order valence-electron chi connectivity index (χ1n) is 13.9. The van der Waals surface area contributed by atoms with E-state index in [1.54, 1.807) is 23.5 Å². The molecule has 1 aliphatic heterocycles. The highest BCUT2D eigenvalue weighted by Crippen LogP contribution is 2.29. The fourth-order valence-corrected chi connectivity index (χ4v) is 6.49. The van der Waals surface area contributed by atoms with Crippen LogP contribution in [0.15, 0.2) is 77.7 Å². The second-order valence-corrected chi connectivity index (χ2v) is 12.1. The number of aromatic nitrogens is 2. The lowest BCUT2D eigenvalue weighted by Gasteiger charge is -2.37. The summed E-state index contributed by atoms with van der Waals surface area (Å²) in [5.74, 6) is 2.18. The number of hydrogen-bond acceptors (Lipinski definition) is 7. The minimum atomic E-state index is -3.53. The van der Waals surface area contributed by atoms with Crippen LogP contribution in [0.2, 0.25) is 0 Å². The highest BCUT2D eigenvalue weighted by atomic mass is 32.2. The molecule has 8 nitrogen and oxygen atoms in total. The Kier molecular flexibility index (Phi) is 8.63. The Labute approximate surface area is 237 Å². The van der Waals surface area contributed by atoms with Gasteiger partial charge in [0, 0.05) is 43.3 Å². The first-order valence-corrected chi connectivity index (χ1v) is 15.3. The average Bonchev–Trinajstić information content (AvgIpc) is 3.00. The molecule has 0 saturated carbocycles. The third kappa shape index (κ3) is 6.11. The van der Waals surface area contributed by atoms with Gasteiger partial charge >= 0.3 is 0 Å². The maximum absolute atomic E-state index is 13.3. The molecule has 1 saturated heterocycles. The van der Waals surface area contributed by atoms with Crippen molar-refractivity contribution in [3.05, 3.63) is 84.2 Å². The number of nitrogens with zero attached hydrogens (tertiary/aromatic N) is 4. The van der Waals surface area contributed by atoms with Crippen LogP contribution >= 0.6 is 0 Å². The summed E-state index contributed by atoms with van der Waals surface area (Å²) >= 11 is 0. The number of aryl methyl sites for hydroxylation is 1. The van der Waals surface area contributed by atoms with E-state index in [2.05, 4.69) is 24.1 Å². The molecule has 4 aromatic rings. The zero-order chi connectivity index (χ0) is 28.1. The lowest BCUT2D eigenvalue weighted by molar-refractivity contribution is 0.141. The number of fused-ring (bicyclic) bond motifs is 1. The molecule has 9 heteroatoms. The van der Waals surface area contributed by atoms with Crippen molar-refractivity contribution in [2.45, 2.75) is 44.0 Å². The molecule has 1 N–H and O–H groups in total. The maximum Gasteiger partial charge on any atom is 0.243 e. The minimum absolute atomic E-state index is 0.0850. The van der Waals surface area contributed by atoms with Crippen LogP contribution in [0.3, 0.4) is 0 Å². The van der Waals surface area contributed by atoms with Gasteiger partial charge in [0.1, 0.15) is 17.4 Å². The highest BCUT2D eigenvalue weighted by Gasteiger charge is 2.31. The van der Waals surface area contributed by atoms with Gasteiger partial charge < -0.3 is 10.1 Å². The summed E-state index contributed by atoms with van der Waals surface area (Å²) in [7, 11) is -1.89. The van der Waals surface area contributed by atoms with Gasteiger partial charge in [0.15, 0.2) is 0 Å². The smallest absolute Gasteiger partial charge is 0.243 e. The van der Waals surface area contributed by atoms with Crippen LogP contribution in [0.25, 0.3) is 10.9 Å². The van der Waals surface area contributed by atoms with Crippen molar-refractivity contribution in [3.8, 4) is 5.75 Å². The second-order valence-electron chi connectivity index (χ2n) is 10.2. The van der Waals surface area contributed by atoms with Crippen LogP contribution in [0.5, 0.6) is 5.75 Å². The Morgan fingerprint density at radius 1 is 0.950 bits per heavy atom. The lowest BCUT2D eigenvalue weighted by Crippen LogP contribution is -2.49.